The van der Waals surface area contributed by atoms with Gasteiger partial charge in [0.2, 0.25) is 0 Å². The molecule has 0 radical (unpaired) electrons. The number of carbonyl (C=O) groups excluding carboxylic acids is 1. The zero-order valence-corrected chi connectivity index (χ0v) is 22.6. The molecule has 1 atom stereocenters. The van der Waals surface area contributed by atoms with Crippen LogP contribution in [-0.4, -0.2) is 36.3 Å². The average molecular weight is 597 g/mol. The largest absolute Gasteiger partial charge is 0.344 e. The third-order valence-corrected chi connectivity index (χ3v) is 6.95. The van der Waals surface area contributed by atoms with Crippen LogP contribution in [0.1, 0.15) is 40.4 Å². The van der Waals surface area contributed by atoms with E-state index in [9.17, 15) is 4.79 Å². The topological polar surface area (TPSA) is 101 Å². The smallest absolute Gasteiger partial charge is 0.272 e. The fraction of sp³-hybridized carbons (Fsp3) is 0.115. The molecule has 0 unspecified atom stereocenters. The Balaban J connectivity index is 1.66. The van der Waals surface area contributed by atoms with Crippen molar-refractivity contribution < 1.29 is 4.79 Å². The molecule has 2 aromatic heterocycles. The molecule has 0 aliphatic carbocycles. The monoisotopic (exact) mass is 595 g/mol. The van der Waals surface area contributed by atoms with E-state index in [2.05, 4.69) is 41.9 Å². The number of amides is 1. The van der Waals surface area contributed by atoms with E-state index in [4.69, 9.17) is 28.3 Å². The van der Waals surface area contributed by atoms with Gasteiger partial charge in [-0.2, -0.15) is 5.10 Å². The standard InChI is InChI=1S/C26H20BrCl2N7O/c1-15(16-6-10-18(27)11-7-16)30-26(37)24-20(14-23-31-34-35-32-23)25(17-8-12-19(28)13-9-17)36(33-24)22-5-3-2-4-21(22)29/h2-13,15H,14H2,1H3,(H,30,37)(H,31,32,34,35)/t15-/m0/s1. The van der Waals surface area contributed by atoms with E-state index in [1.807, 2.05) is 61.5 Å². The summed E-state index contributed by atoms with van der Waals surface area (Å²) < 4.78 is 2.65. The highest BCUT2D eigenvalue weighted by molar-refractivity contribution is 9.10. The SMILES string of the molecule is C[C@H](NC(=O)c1nn(-c2ccccc2Cl)c(-c2ccc(Cl)cc2)c1Cc1nnn[nH]1)c1ccc(Br)cc1. The van der Waals surface area contributed by atoms with Crippen molar-refractivity contribution >= 4 is 45.0 Å². The van der Waals surface area contributed by atoms with E-state index in [0.29, 0.717) is 32.8 Å². The molecule has 0 aliphatic heterocycles. The molecule has 0 bridgehead atoms. The molecular weight excluding hydrogens is 577 g/mol. The first-order valence-electron chi connectivity index (χ1n) is 11.3. The second kappa shape index (κ2) is 10.8. The number of para-hydroxylation sites is 1. The van der Waals surface area contributed by atoms with E-state index in [1.165, 1.54) is 0 Å². The Morgan fingerprint density at radius 2 is 1.78 bits per heavy atom. The van der Waals surface area contributed by atoms with Crippen LogP contribution >= 0.6 is 39.1 Å². The van der Waals surface area contributed by atoms with Crippen LogP contribution in [0.2, 0.25) is 10.0 Å². The first-order chi connectivity index (χ1) is 17.9. The van der Waals surface area contributed by atoms with Gasteiger partial charge < -0.3 is 5.32 Å². The van der Waals surface area contributed by atoms with Crippen LogP contribution in [0.25, 0.3) is 16.9 Å². The predicted octanol–water partition coefficient (Wildman–Crippen LogP) is 6.20. The summed E-state index contributed by atoms with van der Waals surface area (Å²) in [7, 11) is 0. The van der Waals surface area contributed by atoms with Crippen molar-refractivity contribution in [1.82, 2.24) is 35.7 Å². The number of hydrogen-bond acceptors (Lipinski definition) is 5. The Kier molecular flexibility index (Phi) is 7.36. The Hall–Kier alpha value is -3.53. The fourth-order valence-electron chi connectivity index (χ4n) is 4.02. The summed E-state index contributed by atoms with van der Waals surface area (Å²) >= 11 is 16.2. The first kappa shape index (κ1) is 25.1. The quantitative estimate of drug-likeness (QED) is 0.233. The Labute approximate surface area is 231 Å². The molecule has 1 amide bonds. The van der Waals surface area contributed by atoms with Gasteiger partial charge in [-0.05, 0) is 59.3 Å². The summed E-state index contributed by atoms with van der Waals surface area (Å²) in [4.78, 5) is 13.7. The minimum atomic E-state index is -0.334. The van der Waals surface area contributed by atoms with Gasteiger partial charge in [-0.25, -0.2) is 9.78 Å². The number of rotatable bonds is 7. The maximum Gasteiger partial charge on any atom is 0.272 e. The summed E-state index contributed by atoms with van der Waals surface area (Å²) in [5.74, 6) is 0.155. The van der Waals surface area contributed by atoms with Gasteiger partial charge in [0, 0.05) is 27.0 Å². The van der Waals surface area contributed by atoms with Crippen molar-refractivity contribution in [1.29, 1.82) is 0 Å². The number of aromatic nitrogens is 6. The Morgan fingerprint density at radius 3 is 2.46 bits per heavy atom. The third kappa shape index (κ3) is 5.44. The number of nitrogens with one attached hydrogen (secondary N) is 2. The van der Waals surface area contributed by atoms with Crippen molar-refractivity contribution in [3.8, 4) is 16.9 Å². The molecule has 5 rings (SSSR count). The Bertz CT molecular complexity index is 1530. The molecule has 2 heterocycles. The molecule has 5 aromatic rings. The summed E-state index contributed by atoms with van der Waals surface area (Å²) in [6, 6.07) is 22.2. The highest BCUT2D eigenvalue weighted by atomic mass is 79.9. The number of H-pyrrole nitrogens is 1. The van der Waals surface area contributed by atoms with Gasteiger partial charge in [-0.15, -0.1) is 5.10 Å². The van der Waals surface area contributed by atoms with Crippen LogP contribution in [0.15, 0.2) is 77.3 Å². The van der Waals surface area contributed by atoms with Gasteiger partial charge in [0.1, 0.15) is 0 Å². The lowest BCUT2D eigenvalue weighted by molar-refractivity contribution is 0.0933. The zero-order chi connectivity index (χ0) is 25.9. The van der Waals surface area contributed by atoms with Gasteiger partial charge in [-0.3, -0.25) is 4.79 Å². The lowest BCUT2D eigenvalue weighted by Crippen LogP contribution is -2.28. The number of tetrazole rings is 1. The van der Waals surface area contributed by atoms with Crippen molar-refractivity contribution in [2.45, 2.75) is 19.4 Å². The van der Waals surface area contributed by atoms with Crippen molar-refractivity contribution in [2.75, 3.05) is 0 Å². The molecule has 0 aliphatic rings. The van der Waals surface area contributed by atoms with Crippen LogP contribution in [0.4, 0.5) is 0 Å². The summed E-state index contributed by atoms with van der Waals surface area (Å²) in [6.45, 7) is 1.92. The van der Waals surface area contributed by atoms with E-state index in [1.54, 1.807) is 22.9 Å². The first-order valence-corrected chi connectivity index (χ1v) is 12.9. The average Bonchev–Trinajstić information content (AvgIpc) is 3.54. The predicted molar refractivity (Wildman–Crippen MR) is 146 cm³/mol. The zero-order valence-electron chi connectivity index (χ0n) is 19.5. The van der Waals surface area contributed by atoms with Gasteiger partial charge in [0.05, 0.1) is 22.4 Å². The molecule has 2 N–H and O–H groups in total. The Morgan fingerprint density at radius 1 is 1.05 bits per heavy atom. The summed E-state index contributed by atoms with van der Waals surface area (Å²) in [5.41, 5.74) is 3.96. The maximum atomic E-state index is 13.7. The molecule has 0 fully saturated rings. The lowest BCUT2D eigenvalue weighted by atomic mass is 10.0. The van der Waals surface area contributed by atoms with Crippen molar-refractivity contribution in [3.05, 3.63) is 110 Å². The molecule has 186 valence electrons. The van der Waals surface area contributed by atoms with Crippen LogP contribution in [0.5, 0.6) is 0 Å². The van der Waals surface area contributed by atoms with Gasteiger partial charge >= 0.3 is 0 Å². The molecule has 8 nitrogen and oxygen atoms in total. The molecule has 0 saturated heterocycles. The van der Waals surface area contributed by atoms with Gasteiger partial charge in [-0.1, -0.05) is 75.5 Å². The van der Waals surface area contributed by atoms with Crippen LogP contribution < -0.4 is 5.32 Å². The number of hydrogen-bond donors (Lipinski definition) is 2. The van der Waals surface area contributed by atoms with Gasteiger partial charge in [0.25, 0.3) is 5.91 Å². The van der Waals surface area contributed by atoms with Crippen LogP contribution in [0.3, 0.4) is 0 Å². The summed E-state index contributed by atoms with van der Waals surface area (Å²) in [5, 5.41) is 23.1. The molecule has 37 heavy (non-hydrogen) atoms. The van der Waals surface area contributed by atoms with Gasteiger partial charge in [0.15, 0.2) is 11.5 Å². The molecule has 3 aromatic carbocycles. The van der Waals surface area contributed by atoms with E-state index < -0.39 is 0 Å². The van der Waals surface area contributed by atoms with E-state index >= 15 is 0 Å². The van der Waals surface area contributed by atoms with Crippen LogP contribution in [0, 0.1) is 0 Å². The highest BCUT2D eigenvalue weighted by Gasteiger charge is 2.27. The molecule has 0 spiro atoms. The number of carbonyl (C=O) groups is 1. The molecule has 0 saturated carbocycles. The second-order valence-corrected chi connectivity index (χ2v) is 10.1. The second-order valence-electron chi connectivity index (χ2n) is 8.32. The number of halogens is 3. The third-order valence-electron chi connectivity index (χ3n) is 5.85. The summed E-state index contributed by atoms with van der Waals surface area (Å²) in [6.07, 6.45) is 0.241. The normalized spacial score (nSPS) is 11.9. The van der Waals surface area contributed by atoms with E-state index in [0.717, 1.165) is 15.6 Å². The number of aromatic amines is 1. The minimum Gasteiger partial charge on any atom is -0.344 e. The van der Waals surface area contributed by atoms with Crippen LogP contribution in [-0.2, 0) is 6.42 Å². The lowest BCUT2D eigenvalue weighted by Gasteiger charge is -2.14. The number of benzene rings is 3. The van der Waals surface area contributed by atoms with Crippen molar-refractivity contribution in [3.63, 3.8) is 0 Å². The fourth-order valence-corrected chi connectivity index (χ4v) is 4.63. The molecule has 11 heteroatoms. The minimum absolute atomic E-state index is 0.241. The van der Waals surface area contributed by atoms with Crippen molar-refractivity contribution in [2.24, 2.45) is 0 Å². The van der Waals surface area contributed by atoms with E-state index in [-0.39, 0.29) is 24.1 Å². The maximum absolute atomic E-state index is 13.7. The molecular formula is C26H20BrCl2N7O. The number of nitrogens with zero attached hydrogens (tertiary/aromatic N) is 5. The highest BCUT2D eigenvalue weighted by Crippen LogP contribution is 2.34.